The lowest BCUT2D eigenvalue weighted by atomic mass is 10.0. The van der Waals surface area contributed by atoms with Crippen molar-refractivity contribution in [3.05, 3.63) is 54.1 Å². The minimum Gasteiger partial charge on any atom is -0.381 e. The summed E-state index contributed by atoms with van der Waals surface area (Å²) < 4.78 is 7.99. The van der Waals surface area contributed by atoms with Crippen molar-refractivity contribution >= 4 is 22.6 Å². The maximum atomic E-state index is 11.7. The molecule has 1 saturated heterocycles. The molecule has 1 aliphatic rings. The molecule has 146 valence electrons. The summed E-state index contributed by atoms with van der Waals surface area (Å²) in [5.41, 5.74) is 3.86. The number of amides is 1. The summed E-state index contributed by atoms with van der Waals surface area (Å²) in [5, 5.41) is 0. The Balaban J connectivity index is 1.73. The summed E-state index contributed by atoms with van der Waals surface area (Å²) in [4.78, 5) is 22.8. The minimum atomic E-state index is 0.00634. The zero-order valence-electron chi connectivity index (χ0n) is 16.5. The molecule has 0 spiro atoms. The lowest BCUT2D eigenvalue weighted by Crippen LogP contribution is -2.23. The Hall–Kier alpha value is -2.73. The molecule has 1 amide bonds. The average Bonchev–Trinajstić information content (AvgIpc) is 3.05. The Morgan fingerprint density at radius 2 is 2.21 bits per heavy atom. The van der Waals surface area contributed by atoms with Gasteiger partial charge >= 0.3 is 0 Å². The van der Waals surface area contributed by atoms with Crippen LogP contribution >= 0.6 is 0 Å². The average molecular weight is 378 g/mol. The Bertz CT molecular complexity index is 961. The first-order valence-corrected chi connectivity index (χ1v) is 9.83. The number of pyridine rings is 1. The summed E-state index contributed by atoms with van der Waals surface area (Å²) in [7, 11) is 1.79. The molecule has 6 heteroatoms. The molecular formula is C22H26N4O2. The van der Waals surface area contributed by atoms with Gasteiger partial charge in [-0.1, -0.05) is 6.07 Å². The fraction of sp³-hybridized carbons (Fsp3) is 0.409. The van der Waals surface area contributed by atoms with Crippen molar-refractivity contribution < 1.29 is 9.53 Å². The first-order chi connectivity index (χ1) is 13.6. The van der Waals surface area contributed by atoms with Gasteiger partial charge in [0.05, 0.1) is 17.6 Å². The minimum absolute atomic E-state index is 0.00634. The van der Waals surface area contributed by atoms with E-state index < -0.39 is 0 Å². The lowest BCUT2D eigenvalue weighted by molar-refractivity contribution is -0.116. The Morgan fingerprint density at radius 1 is 1.32 bits per heavy atom. The third kappa shape index (κ3) is 3.92. The zero-order chi connectivity index (χ0) is 19.5. The molecule has 1 fully saturated rings. The van der Waals surface area contributed by atoms with Gasteiger partial charge in [-0.05, 0) is 43.2 Å². The fourth-order valence-electron chi connectivity index (χ4n) is 3.77. The summed E-state index contributed by atoms with van der Waals surface area (Å²) in [6.07, 6.45) is 4.78. The Morgan fingerprint density at radius 3 is 2.93 bits per heavy atom. The highest BCUT2D eigenvalue weighted by Gasteiger charge is 2.20. The number of ether oxygens (including phenoxy) is 1. The Kier molecular flexibility index (Phi) is 5.39. The molecule has 0 saturated carbocycles. The summed E-state index contributed by atoms with van der Waals surface area (Å²) in [6, 6.07) is 12.0. The van der Waals surface area contributed by atoms with E-state index in [0.717, 1.165) is 54.4 Å². The van der Waals surface area contributed by atoms with Crippen LogP contribution in [0.2, 0.25) is 0 Å². The van der Waals surface area contributed by atoms with Crippen LogP contribution in [0.3, 0.4) is 0 Å². The van der Waals surface area contributed by atoms with Gasteiger partial charge in [0.25, 0.3) is 0 Å². The van der Waals surface area contributed by atoms with Gasteiger partial charge in [-0.15, -0.1) is 0 Å². The molecular weight excluding hydrogens is 352 g/mol. The van der Waals surface area contributed by atoms with Gasteiger partial charge in [0.2, 0.25) is 5.91 Å². The molecule has 6 nitrogen and oxygen atoms in total. The van der Waals surface area contributed by atoms with E-state index in [0.29, 0.717) is 12.3 Å². The number of fused-ring (bicyclic) bond motifs is 1. The molecule has 0 radical (unpaired) electrons. The molecule has 28 heavy (non-hydrogen) atoms. The molecule has 4 rings (SSSR count). The van der Waals surface area contributed by atoms with Gasteiger partial charge in [-0.25, -0.2) is 4.98 Å². The van der Waals surface area contributed by atoms with E-state index >= 15 is 0 Å². The van der Waals surface area contributed by atoms with Crippen LogP contribution in [0, 0.1) is 5.92 Å². The SMILES string of the molecule is CC(=O)N(C)c1ccc2c(c1)nc(Cc1ccccn1)n2CC1CCCOC1. The van der Waals surface area contributed by atoms with Crippen molar-refractivity contribution in [2.45, 2.75) is 32.7 Å². The van der Waals surface area contributed by atoms with Gasteiger partial charge in [0, 0.05) is 57.0 Å². The smallest absolute Gasteiger partial charge is 0.223 e. The van der Waals surface area contributed by atoms with E-state index in [-0.39, 0.29) is 5.91 Å². The highest BCUT2D eigenvalue weighted by Crippen LogP contribution is 2.26. The number of anilines is 1. The molecule has 0 bridgehead atoms. The third-order valence-electron chi connectivity index (χ3n) is 5.43. The van der Waals surface area contributed by atoms with Gasteiger partial charge < -0.3 is 14.2 Å². The van der Waals surface area contributed by atoms with Crippen LogP contribution in [0.1, 0.15) is 31.3 Å². The second-order valence-electron chi connectivity index (χ2n) is 7.47. The summed E-state index contributed by atoms with van der Waals surface area (Å²) >= 11 is 0. The predicted molar refractivity (Wildman–Crippen MR) is 109 cm³/mol. The molecule has 3 heterocycles. The van der Waals surface area contributed by atoms with Crippen LogP contribution in [0.4, 0.5) is 5.69 Å². The molecule has 0 N–H and O–H groups in total. The predicted octanol–water partition coefficient (Wildman–Crippen LogP) is 3.43. The number of hydrogen-bond donors (Lipinski definition) is 0. The fourth-order valence-corrected chi connectivity index (χ4v) is 3.77. The molecule has 1 unspecified atom stereocenters. The number of carbonyl (C=O) groups is 1. The highest BCUT2D eigenvalue weighted by molar-refractivity contribution is 5.93. The third-order valence-corrected chi connectivity index (χ3v) is 5.43. The quantitative estimate of drug-likeness (QED) is 0.682. The van der Waals surface area contributed by atoms with Crippen LogP contribution in [0.15, 0.2) is 42.6 Å². The maximum Gasteiger partial charge on any atom is 0.223 e. The normalized spacial score (nSPS) is 17.0. The van der Waals surface area contributed by atoms with Crippen molar-refractivity contribution in [2.24, 2.45) is 5.92 Å². The molecule has 3 aromatic rings. The number of nitrogens with zero attached hydrogens (tertiary/aromatic N) is 4. The number of hydrogen-bond acceptors (Lipinski definition) is 4. The van der Waals surface area contributed by atoms with Crippen LogP contribution in [0.5, 0.6) is 0 Å². The van der Waals surface area contributed by atoms with Crippen molar-refractivity contribution in [3.8, 4) is 0 Å². The number of aromatic nitrogens is 3. The molecule has 0 aliphatic carbocycles. The molecule has 1 atom stereocenters. The zero-order valence-corrected chi connectivity index (χ0v) is 16.5. The van der Waals surface area contributed by atoms with Gasteiger partial charge in [0.1, 0.15) is 5.82 Å². The van der Waals surface area contributed by atoms with Crippen LogP contribution in [0.25, 0.3) is 11.0 Å². The Labute approximate surface area is 165 Å². The van der Waals surface area contributed by atoms with E-state index in [2.05, 4.69) is 15.6 Å². The summed E-state index contributed by atoms with van der Waals surface area (Å²) in [5.74, 6) is 1.50. The second kappa shape index (κ2) is 8.10. The largest absolute Gasteiger partial charge is 0.381 e. The first-order valence-electron chi connectivity index (χ1n) is 9.83. The number of carbonyl (C=O) groups excluding carboxylic acids is 1. The number of rotatable bonds is 5. The van der Waals surface area contributed by atoms with Crippen molar-refractivity contribution in [2.75, 3.05) is 25.2 Å². The number of imidazole rings is 1. The topological polar surface area (TPSA) is 60.2 Å². The molecule has 2 aromatic heterocycles. The van der Waals surface area contributed by atoms with Crippen LogP contribution in [-0.4, -0.2) is 40.7 Å². The molecule has 1 aromatic carbocycles. The van der Waals surface area contributed by atoms with E-state index in [1.807, 2.05) is 36.5 Å². The molecule has 1 aliphatic heterocycles. The second-order valence-corrected chi connectivity index (χ2v) is 7.47. The van der Waals surface area contributed by atoms with Crippen molar-refractivity contribution in [1.82, 2.24) is 14.5 Å². The highest BCUT2D eigenvalue weighted by atomic mass is 16.5. The van der Waals surface area contributed by atoms with E-state index in [4.69, 9.17) is 9.72 Å². The standard InChI is InChI=1S/C22H26N4O2/c1-16(27)25(2)19-8-9-21-20(13-19)24-22(12-18-7-3-4-10-23-18)26(21)14-17-6-5-11-28-15-17/h3-4,7-10,13,17H,5-6,11-12,14-15H2,1-2H3. The van der Waals surface area contributed by atoms with E-state index in [1.165, 1.54) is 6.42 Å². The number of benzene rings is 1. The summed E-state index contributed by atoms with van der Waals surface area (Å²) in [6.45, 7) is 4.12. The van der Waals surface area contributed by atoms with Crippen molar-refractivity contribution in [1.29, 1.82) is 0 Å². The van der Waals surface area contributed by atoms with Crippen molar-refractivity contribution in [3.63, 3.8) is 0 Å². The maximum absolute atomic E-state index is 11.7. The van der Waals surface area contributed by atoms with Gasteiger partial charge in [-0.3, -0.25) is 9.78 Å². The lowest BCUT2D eigenvalue weighted by Gasteiger charge is -2.23. The van der Waals surface area contributed by atoms with Gasteiger partial charge in [-0.2, -0.15) is 0 Å². The van der Waals surface area contributed by atoms with Gasteiger partial charge in [0.15, 0.2) is 0 Å². The van der Waals surface area contributed by atoms with Crippen LogP contribution in [-0.2, 0) is 22.5 Å². The van der Waals surface area contributed by atoms with E-state index in [1.54, 1.807) is 18.9 Å². The monoisotopic (exact) mass is 378 g/mol. The first kappa shape index (κ1) is 18.6. The van der Waals surface area contributed by atoms with Crippen LogP contribution < -0.4 is 4.90 Å². The van der Waals surface area contributed by atoms with E-state index in [9.17, 15) is 4.79 Å².